The molecule has 0 amide bonds. The second kappa shape index (κ2) is 6.30. The number of carboxylic acid groups (broad SMARTS) is 1. The summed E-state index contributed by atoms with van der Waals surface area (Å²) in [5, 5.41) is 11.9. The van der Waals surface area contributed by atoms with Crippen LogP contribution in [0.1, 0.15) is 30.0 Å². The first-order valence-corrected chi connectivity index (χ1v) is 5.23. The molecule has 2 N–H and O–H groups in total. The van der Waals surface area contributed by atoms with Crippen LogP contribution in [0.2, 0.25) is 0 Å². The summed E-state index contributed by atoms with van der Waals surface area (Å²) in [6.07, 6.45) is 1.59. The first-order valence-electron chi connectivity index (χ1n) is 5.23. The van der Waals surface area contributed by atoms with Gasteiger partial charge in [0.05, 0.1) is 19.0 Å². The Bertz CT molecular complexity index is 332. The quantitative estimate of drug-likeness (QED) is 0.690. The minimum absolute atomic E-state index is 0.00252. The lowest BCUT2D eigenvalue weighted by Crippen LogP contribution is -2.21. The van der Waals surface area contributed by atoms with Crippen molar-refractivity contribution < 1.29 is 19.1 Å². The largest absolute Gasteiger partial charge is 0.475 e. The number of aromatic carboxylic acids is 1. The van der Waals surface area contributed by atoms with Crippen LogP contribution in [-0.4, -0.2) is 30.3 Å². The third kappa shape index (κ3) is 4.04. The molecule has 0 saturated heterocycles. The smallest absolute Gasteiger partial charge is 0.372 e. The molecule has 0 aliphatic carbocycles. The van der Waals surface area contributed by atoms with Gasteiger partial charge in [-0.05, 0) is 19.9 Å². The minimum Gasteiger partial charge on any atom is -0.475 e. The van der Waals surface area contributed by atoms with Crippen LogP contribution in [0.25, 0.3) is 0 Å². The van der Waals surface area contributed by atoms with Gasteiger partial charge in [-0.2, -0.15) is 0 Å². The zero-order valence-corrected chi connectivity index (χ0v) is 9.53. The SMILES string of the molecule is CC(C)OCCNCc1ccoc1C(=O)O. The predicted octanol–water partition coefficient (Wildman–Crippen LogP) is 1.49. The van der Waals surface area contributed by atoms with Crippen LogP contribution in [0.4, 0.5) is 0 Å². The van der Waals surface area contributed by atoms with Gasteiger partial charge in [0.2, 0.25) is 5.76 Å². The lowest BCUT2D eigenvalue weighted by molar-refractivity contribution is 0.0660. The average molecular weight is 227 g/mol. The van der Waals surface area contributed by atoms with Gasteiger partial charge >= 0.3 is 5.97 Å². The molecule has 0 atom stereocenters. The van der Waals surface area contributed by atoms with E-state index < -0.39 is 5.97 Å². The number of ether oxygens (including phenoxy) is 1. The van der Waals surface area contributed by atoms with Gasteiger partial charge in [0, 0.05) is 18.7 Å². The molecule has 0 aromatic carbocycles. The molecule has 1 aromatic heterocycles. The molecular weight excluding hydrogens is 210 g/mol. The van der Waals surface area contributed by atoms with Gasteiger partial charge < -0.3 is 19.6 Å². The van der Waals surface area contributed by atoms with E-state index in [9.17, 15) is 4.79 Å². The molecule has 0 saturated carbocycles. The van der Waals surface area contributed by atoms with Crippen molar-refractivity contribution in [1.82, 2.24) is 5.32 Å². The maximum Gasteiger partial charge on any atom is 0.372 e. The summed E-state index contributed by atoms with van der Waals surface area (Å²) < 4.78 is 10.2. The second-order valence-electron chi connectivity index (χ2n) is 3.68. The van der Waals surface area contributed by atoms with Crippen LogP contribution in [0.5, 0.6) is 0 Å². The standard InChI is InChI=1S/C11H17NO4/c1-8(2)15-6-4-12-7-9-3-5-16-10(9)11(13)14/h3,5,8,12H,4,6-7H2,1-2H3,(H,13,14). The van der Waals surface area contributed by atoms with Gasteiger partial charge in [0.1, 0.15) is 0 Å². The Labute approximate surface area is 94.4 Å². The van der Waals surface area contributed by atoms with Crippen LogP contribution in [-0.2, 0) is 11.3 Å². The summed E-state index contributed by atoms with van der Waals surface area (Å²) in [6, 6.07) is 1.65. The first kappa shape index (κ1) is 12.7. The molecule has 1 heterocycles. The van der Waals surface area contributed by atoms with Crippen molar-refractivity contribution in [2.75, 3.05) is 13.2 Å². The zero-order valence-electron chi connectivity index (χ0n) is 9.53. The highest BCUT2D eigenvalue weighted by Crippen LogP contribution is 2.09. The highest BCUT2D eigenvalue weighted by atomic mass is 16.5. The monoisotopic (exact) mass is 227 g/mol. The Balaban J connectivity index is 2.27. The number of furan rings is 1. The summed E-state index contributed by atoms with van der Waals surface area (Å²) >= 11 is 0. The van der Waals surface area contributed by atoms with E-state index in [0.717, 1.165) is 0 Å². The van der Waals surface area contributed by atoms with Crippen LogP contribution in [0.3, 0.4) is 0 Å². The number of hydrogen-bond donors (Lipinski definition) is 2. The highest BCUT2D eigenvalue weighted by molar-refractivity contribution is 5.86. The second-order valence-corrected chi connectivity index (χ2v) is 3.68. The summed E-state index contributed by atoms with van der Waals surface area (Å²) in [5.41, 5.74) is 0.650. The normalized spacial score (nSPS) is 10.9. The van der Waals surface area contributed by atoms with Crippen molar-refractivity contribution in [3.8, 4) is 0 Å². The molecule has 1 aromatic rings. The van der Waals surface area contributed by atoms with Crippen molar-refractivity contribution in [2.24, 2.45) is 0 Å². The van der Waals surface area contributed by atoms with Crippen LogP contribution >= 0.6 is 0 Å². The number of nitrogens with one attached hydrogen (secondary N) is 1. The van der Waals surface area contributed by atoms with E-state index in [0.29, 0.717) is 25.3 Å². The summed E-state index contributed by atoms with van der Waals surface area (Å²) in [4.78, 5) is 10.7. The van der Waals surface area contributed by atoms with Gasteiger partial charge in [0.15, 0.2) is 0 Å². The van der Waals surface area contributed by atoms with E-state index in [4.69, 9.17) is 14.3 Å². The molecule has 16 heavy (non-hydrogen) atoms. The van der Waals surface area contributed by atoms with Crippen LogP contribution in [0, 0.1) is 0 Å². The fraction of sp³-hybridized carbons (Fsp3) is 0.545. The molecule has 0 fully saturated rings. The van der Waals surface area contributed by atoms with Crippen LogP contribution in [0.15, 0.2) is 16.7 Å². The minimum atomic E-state index is -1.04. The number of carboxylic acids is 1. The van der Waals surface area contributed by atoms with E-state index in [2.05, 4.69) is 5.32 Å². The fourth-order valence-corrected chi connectivity index (χ4v) is 1.25. The maximum absolute atomic E-state index is 10.7. The van der Waals surface area contributed by atoms with Gasteiger partial charge in [-0.3, -0.25) is 0 Å². The van der Waals surface area contributed by atoms with E-state index >= 15 is 0 Å². The third-order valence-electron chi connectivity index (χ3n) is 1.99. The molecular formula is C11H17NO4. The fourth-order valence-electron chi connectivity index (χ4n) is 1.25. The number of rotatable bonds is 7. The lowest BCUT2D eigenvalue weighted by atomic mass is 10.2. The van der Waals surface area contributed by atoms with Crippen molar-refractivity contribution in [3.63, 3.8) is 0 Å². The highest BCUT2D eigenvalue weighted by Gasteiger charge is 2.12. The van der Waals surface area contributed by atoms with E-state index in [1.807, 2.05) is 13.8 Å². The average Bonchev–Trinajstić information content (AvgIpc) is 2.65. The van der Waals surface area contributed by atoms with Crippen LogP contribution < -0.4 is 5.32 Å². The van der Waals surface area contributed by atoms with Crippen molar-refractivity contribution in [2.45, 2.75) is 26.5 Å². The Morgan fingerprint density at radius 2 is 2.38 bits per heavy atom. The molecule has 0 aliphatic rings. The van der Waals surface area contributed by atoms with Crippen molar-refractivity contribution >= 4 is 5.97 Å². The maximum atomic E-state index is 10.7. The Kier molecular flexibility index (Phi) is 5.01. The zero-order chi connectivity index (χ0) is 12.0. The molecule has 0 bridgehead atoms. The van der Waals surface area contributed by atoms with Crippen molar-refractivity contribution in [3.05, 3.63) is 23.7 Å². The molecule has 5 nitrogen and oxygen atoms in total. The van der Waals surface area contributed by atoms with Crippen molar-refractivity contribution in [1.29, 1.82) is 0 Å². The number of hydrogen-bond acceptors (Lipinski definition) is 4. The van der Waals surface area contributed by atoms with Gasteiger partial charge in [-0.25, -0.2) is 4.79 Å². The molecule has 0 radical (unpaired) electrons. The third-order valence-corrected chi connectivity index (χ3v) is 1.99. The predicted molar refractivity (Wildman–Crippen MR) is 58.5 cm³/mol. The summed E-state index contributed by atoms with van der Waals surface area (Å²) in [6.45, 7) is 5.71. The first-order chi connectivity index (χ1) is 7.61. The molecule has 0 unspecified atom stereocenters. The molecule has 1 rings (SSSR count). The Morgan fingerprint density at radius 1 is 1.62 bits per heavy atom. The summed E-state index contributed by atoms with van der Waals surface area (Å²) in [7, 11) is 0. The lowest BCUT2D eigenvalue weighted by Gasteiger charge is -2.07. The van der Waals surface area contributed by atoms with Gasteiger partial charge in [-0.15, -0.1) is 0 Å². The molecule has 0 aliphatic heterocycles. The van der Waals surface area contributed by atoms with Gasteiger partial charge in [-0.1, -0.05) is 0 Å². The molecule has 0 spiro atoms. The molecule has 90 valence electrons. The van der Waals surface area contributed by atoms with E-state index in [1.165, 1.54) is 6.26 Å². The van der Waals surface area contributed by atoms with E-state index in [-0.39, 0.29) is 11.9 Å². The Morgan fingerprint density at radius 3 is 3.00 bits per heavy atom. The topological polar surface area (TPSA) is 71.7 Å². The van der Waals surface area contributed by atoms with Gasteiger partial charge in [0.25, 0.3) is 0 Å². The molecule has 5 heteroatoms. The Hall–Kier alpha value is -1.33. The van der Waals surface area contributed by atoms with E-state index in [1.54, 1.807) is 6.07 Å². The number of carbonyl (C=O) groups is 1. The summed E-state index contributed by atoms with van der Waals surface area (Å²) in [5.74, 6) is -1.04.